The summed E-state index contributed by atoms with van der Waals surface area (Å²) < 4.78 is 0. The summed E-state index contributed by atoms with van der Waals surface area (Å²) in [7, 11) is 1.82. The van der Waals surface area contributed by atoms with Gasteiger partial charge in [0, 0.05) is 20.1 Å². The Kier molecular flexibility index (Phi) is 4.52. The van der Waals surface area contributed by atoms with Gasteiger partial charge in [0.1, 0.15) is 0 Å². The first kappa shape index (κ1) is 11.9. The number of nitrogens with one attached hydrogen (secondary N) is 2. The Balaban J connectivity index is 2.49. The number of nitrogens with zero attached hydrogens (tertiary/aromatic N) is 3. The van der Waals surface area contributed by atoms with Gasteiger partial charge in [-0.1, -0.05) is 18.9 Å². The van der Waals surface area contributed by atoms with Gasteiger partial charge in [0.15, 0.2) is 0 Å². The number of rotatable bonds is 2. The van der Waals surface area contributed by atoms with E-state index in [-0.39, 0.29) is 0 Å². The summed E-state index contributed by atoms with van der Waals surface area (Å²) in [5, 5.41) is 9.81. The van der Waals surface area contributed by atoms with Gasteiger partial charge >= 0.3 is 0 Å². The Morgan fingerprint density at radius 3 is 2.40 bits per heavy atom. The first-order chi connectivity index (χ1) is 7.19. The molecule has 0 amide bonds. The molecule has 2 N–H and O–H groups in total. The molecule has 0 aromatic rings. The molecule has 1 saturated heterocycles. The van der Waals surface area contributed by atoms with E-state index in [0.29, 0.717) is 5.96 Å². The van der Waals surface area contributed by atoms with Crippen LogP contribution in [0.2, 0.25) is 0 Å². The summed E-state index contributed by atoms with van der Waals surface area (Å²) >= 11 is 0. The molecule has 0 atom stereocenters. The maximum atomic E-state index is 6.73. The monoisotopic (exact) mass is 211 g/mol. The van der Waals surface area contributed by atoms with Gasteiger partial charge in [-0.15, -0.1) is 0 Å². The van der Waals surface area contributed by atoms with E-state index in [1.807, 2.05) is 7.05 Å². The fourth-order valence-electron chi connectivity index (χ4n) is 2.10. The summed E-state index contributed by atoms with van der Waals surface area (Å²) in [6.45, 7) is 6.59. The zero-order valence-corrected chi connectivity index (χ0v) is 9.82. The predicted octanol–water partition coefficient (Wildman–Crippen LogP) is 1.88. The zero-order valence-electron chi connectivity index (χ0n) is 9.82. The molecule has 5 nitrogen and oxygen atoms in total. The maximum absolute atomic E-state index is 6.73. The molecule has 1 aliphatic heterocycles. The zero-order chi connectivity index (χ0) is 11.3. The van der Waals surface area contributed by atoms with E-state index >= 15 is 0 Å². The Hall–Kier alpha value is -1.13. The standard InChI is InChI=1S/C10H21N5/c1-8(2)9-4-6-15(7-5-9)10(12-3)13-14-11/h8-9H,4-7H2,1-3H3,(H2,11,12,13). The molecule has 1 aliphatic rings. The number of piperidine rings is 1. The van der Waals surface area contributed by atoms with E-state index in [4.69, 9.17) is 5.53 Å². The Bertz CT molecular complexity index is 228. The van der Waals surface area contributed by atoms with Gasteiger partial charge in [-0.3, -0.25) is 0 Å². The normalized spacial score (nSPS) is 19.5. The molecule has 86 valence electrons. The Morgan fingerprint density at radius 1 is 1.40 bits per heavy atom. The van der Waals surface area contributed by atoms with Crippen molar-refractivity contribution in [1.82, 2.24) is 10.2 Å². The van der Waals surface area contributed by atoms with Crippen LogP contribution in [0.15, 0.2) is 10.3 Å². The summed E-state index contributed by atoms with van der Waals surface area (Å²) in [4.78, 5) is 2.16. The van der Waals surface area contributed by atoms with E-state index in [0.717, 1.165) is 24.9 Å². The van der Waals surface area contributed by atoms with E-state index in [2.05, 4.69) is 34.4 Å². The third-order valence-corrected chi connectivity index (χ3v) is 3.15. The van der Waals surface area contributed by atoms with Crippen LogP contribution in [0.3, 0.4) is 0 Å². The van der Waals surface area contributed by atoms with Crippen LogP contribution in [-0.2, 0) is 0 Å². The summed E-state index contributed by atoms with van der Waals surface area (Å²) in [5.74, 6) is 2.31. The van der Waals surface area contributed by atoms with Crippen LogP contribution in [0, 0.1) is 17.4 Å². The summed E-state index contributed by atoms with van der Waals surface area (Å²) in [6.07, 6.45) is 2.41. The molecule has 0 bridgehead atoms. The van der Waals surface area contributed by atoms with Gasteiger partial charge in [-0.25, -0.2) is 0 Å². The molecule has 0 unspecified atom stereocenters. The fourth-order valence-corrected chi connectivity index (χ4v) is 2.10. The van der Waals surface area contributed by atoms with Crippen LogP contribution in [0.25, 0.3) is 0 Å². The smallest absolute Gasteiger partial charge is 0.220 e. The average Bonchev–Trinajstić information content (AvgIpc) is 2.26. The minimum Gasteiger partial charge on any atom is -0.358 e. The second-order valence-electron chi connectivity index (χ2n) is 4.34. The van der Waals surface area contributed by atoms with Crippen LogP contribution in [-0.4, -0.2) is 31.0 Å². The van der Waals surface area contributed by atoms with Crippen molar-refractivity contribution in [3.8, 4) is 0 Å². The van der Waals surface area contributed by atoms with Gasteiger partial charge < -0.3 is 10.2 Å². The molecular weight excluding hydrogens is 190 g/mol. The molecule has 1 fully saturated rings. The summed E-state index contributed by atoms with van der Waals surface area (Å²) in [6, 6.07) is 0. The lowest BCUT2D eigenvalue weighted by Crippen LogP contribution is -2.44. The quantitative estimate of drug-likeness (QED) is 0.317. The van der Waals surface area contributed by atoms with Crippen molar-refractivity contribution in [2.24, 2.45) is 22.2 Å². The largest absolute Gasteiger partial charge is 0.358 e. The number of likely N-dealkylation sites (tertiary alicyclic amines) is 1. The first-order valence-electron chi connectivity index (χ1n) is 5.56. The predicted molar refractivity (Wildman–Crippen MR) is 60.8 cm³/mol. The molecule has 0 radical (unpaired) electrons. The van der Waals surface area contributed by atoms with E-state index in [1.54, 1.807) is 0 Å². The van der Waals surface area contributed by atoms with E-state index < -0.39 is 0 Å². The van der Waals surface area contributed by atoms with Gasteiger partial charge in [0.25, 0.3) is 0 Å². The molecule has 15 heavy (non-hydrogen) atoms. The highest BCUT2D eigenvalue weighted by atomic mass is 15.4. The van der Waals surface area contributed by atoms with Crippen LogP contribution in [0.4, 0.5) is 0 Å². The highest BCUT2D eigenvalue weighted by Gasteiger charge is 2.23. The molecule has 1 rings (SSSR count). The van der Waals surface area contributed by atoms with Crippen molar-refractivity contribution in [3.05, 3.63) is 0 Å². The van der Waals surface area contributed by atoms with Crippen LogP contribution >= 0.6 is 0 Å². The highest BCUT2D eigenvalue weighted by Crippen LogP contribution is 2.24. The van der Waals surface area contributed by atoms with Crippen molar-refractivity contribution in [1.29, 1.82) is 5.53 Å². The first-order valence-corrected chi connectivity index (χ1v) is 5.56. The lowest BCUT2D eigenvalue weighted by molar-refractivity contribution is 0.216. The third kappa shape index (κ3) is 3.18. The molecule has 0 aliphatic carbocycles. The van der Waals surface area contributed by atoms with Gasteiger partial charge in [0.2, 0.25) is 5.96 Å². The summed E-state index contributed by atoms with van der Waals surface area (Å²) in [5.41, 5.74) is 6.73. The molecular formula is C10H21N5. The lowest BCUT2D eigenvalue weighted by atomic mass is 9.87. The maximum Gasteiger partial charge on any atom is 0.220 e. The lowest BCUT2D eigenvalue weighted by Gasteiger charge is -2.34. The molecule has 0 saturated carbocycles. The molecule has 0 spiro atoms. The SMILES string of the molecule is CN/C(=N\N=N)N1CCC(C(C)C)CC1. The topological polar surface area (TPSA) is 63.8 Å². The molecule has 5 heteroatoms. The van der Waals surface area contributed by atoms with Gasteiger partial charge in [-0.2, -0.15) is 5.53 Å². The van der Waals surface area contributed by atoms with Crippen molar-refractivity contribution in [2.75, 3.05) is 20.1 Å². The second kappa shape index (κ2) is 5.68. The van der Waals surface area contributed by atoms with Crippen LogP contribution < -0.4 is 5.32 Å². The van der Waals surface area contributed by atoms with Crippen molar-refractivity contribution >= 4 is 5.96 Å². The third-order valence-electron chi connectivity index (χ3n) is 3.15. The average molecular weight is 211 g/mol. The van der Waals surface area contributed by atoms with Crippen molar-refractivity contribution in [3.63, 3.8) is 0 Å². The Morgan fingerprint density at radius 2 is 2.00 bits per heavy atom. The van der Waals surface area contributed by atoms with E-state index in [1.165, 1.54) is 12.8 Å². The van der Waals surface area contributed by atoms with Crippen molar-refractivity contribution < 1.29 is 0 Å². The number of guanidine groups is 1. The van der Waals surface area contributed by atoms with Gasteiger partial charge in [0.05, 0.1) is 0 Å². The minimum atomic E-state index is 0.715. The molecule has 0 aromatic heterocycles. The minimum absolute atomic E-state index is 0.715. The van der Waals surface area contributed by atoms with Crippen LogP contribution in [0.5, 0.6) is 0 Å². The van der Waals surface area contributed by atoms with E-state index in [9.17, 15) is 0 Å². The number of hydrogen-bond donors (Lipinski definition) is 2. The Labute approximate surface area is 91.4 Å². The van der Waals surface area contributed by atoms with Crippen LogP contribution in [0.1, 0.15) is 26.7 Å². The highest BCUT2D eigenvalue weighted by molar-refractivity contribution is 5.79. The second-order valence-corrected chi connectivity index (χ2v) is 4.34. The molecule has 1 heterocycles. The van der Waals surface area contributed by atoms with Gasteiger partial charge in [-0.05, 0) is 29.9 Å². The molecule has 0 aromatic carbocycles. The van der Waals surface area contributed by atoms with Crippen molar-refractivity contribution in [2.45, 2.75) is 26.7 Å². The fraction of sp³-hybridized carbons (Fsp3) is 0.900. The number of hydrogen-bond acceptors (Lipinski definition) is 2.